The molecule has 2 aromatic rings. The summed E-state index contributed by atoms with van der Waals surface area (Å²) in [6.07, 6.45) is 2.06. The molecule has 1 saturated heterocycles. The Bertz CT molecular complexity index is 789. The van der Waals surface area contributed by atoms with Gasteiger partial charge in [0, 0.05) is 25.2 Å². The highest BCUT2D eigenvalue weighted by atomic mass is 16.5. The van der Waals surface area contributed by atoms with Crippen molar-refractivity contribution in [3.8, 4) is 17.0 Å². The van der Waals surface area contributed by atoms with Gasteiger partial charge in [-0.25, -0.2) is 0 Å². The molecule has 1 aromatic heterocycles. The minimum atomic E-state index is -0.738. The molecule has 1 amide bonds. The molecule has 2 heterocycles. The van der Waals surface area contributed by atoms with Gasteiger partial charge in [0.15, 0.2) is 0 Å². The first-order valence-electron chi connectivity index (χ1n) is 9.26. The summed E-state index contributed by atoms with van der Waals surface area (Å²) >= 11 is 0. The minimum Gasteiger partial charge on any atom is -0.497 e. The number of nitrogens with one attached hydrogen (secondary N) is 1. The second kappa shape index (κ2) is 8.10. The van der Waals surface area contributed by atoms with Gasteiger partial charge in [-0.15, -0.1) is 0 Å². The summed E-state index contributed by atoms with van der Waals surface area (Å²) in [6, 6.07) is 9.35. The number of aromatic nitrogens is 2. The average Bonchev–Trinajstić information content (AvgIpc) is 3.06. The molecule has 1 aliphatic rings. The van der Waals surface area contributed by atoms with Crippen molar-refractivity contribution in [3.05, 3.63) is 36.0 Å². The van der Waals surface area contributed by atoms with Crippen molar-refractivity contribution in [3.63, 3.8) is 0 Å². The normalized spacial score (nSPS) is 20.6. The number of methoxy groups -OCH3 is 1. The van der Waals surface area contributed by atoms with Gasteiger partial charge in [-0.2, -0.15) is 5.10 Å². The van der Waals surface area contributed by atoms with Crippen LogP contribution < -0.4 is 4.74 Å². The van der Waals surface area contributed by atoms with Crippen molar-refractivity contribution in [2.24, 2.45) is 0 Å². The number of likely N-dealkylation sites (N-methyl/N-ethyl adjacent to an activating group) is 1. The zero-order valence-electron chi connectivity index (χ0n) is 16.2. The van der Waals surface area contributed by atoms with E-state index in [1.807, 2.05) is 43.3 Å². The van der Waals surface area contributed by atoms with Crippen molar-refractivity contribution in [1.29, 1.82) is 0 Å². The molecule has 7 nitrogen and oxygen atoms in total. The molecule has 1 aliphatic heterocycles. The summed E-state index contributed by atoms with van der Waals surface area (Å²) < 4.78 is 5.25. The van der Waals surface area contributed by atoms with Gasteiger partial charge in [-0.1, -0.05) is 12.1 Å². The van der Waals surface area contributed by atoms with Gasteiger partial charge >= 0.3 is 0 Å². The third kappa shape index (κ3) is 4.67. The third-order valence-electron chi connectivity index (χ3n) is 4.99. The maximum atomic E-state index is 12.9. The van der Waals surface area contributed by atoms with E-state index < -0.39 is 5.60 Å². The lowest BCUT2D eigenvalue weighted by Crippen LogP contribution is -2.41. The van der Waals surface area contributed by atoms with E-state index in [1.165, 1.54) is 0 Å². The smallest absolute Gasteiger partial charge is 0.271 e. The highest BCUT2D eigenvalue weighted by Gasteiger charge is 2.32. The Hall–Kier alpha value is -2.38. The van der Waals surface area contributed by atoms with Gasteiger partial charge < -0.3 is 19.6 Å². The Balaban J connectivity index is 1.70. The second-order valence-electron chi connectivity index (χ2n) is 7.51. The number of amides is 1. The number of benzene rings is 1. The Labute approximate surface area is 159 Å². The van der Waals surface area contributed by atoms with Crippen LogP contribution in [0.15, 0.2) is 30.3 Å². The standard InChI is InChI=1S/C20H28N4O3/c1-23(2)14-20(26)8-5-10-24(11-9-20)19(25)18-13-17(21-22-18)15-6-4-7-16(12-15)27-3/h4,6-7,12-13,26H,5,8-11,14H2,1-3H3,(H,21,22). The number of ether oxygens (including phenoxy) is 1. The van der Waals surface area contributed by atoms with Crippen LogP contribution in [0.5, 0.6) is 5.75 Å². The molecule has 1 unspecified atom stereocenters. The molecule has 0 spiro atoms. The number of rotatable bonds is 5. The van der Waals surface area contributed by atoms with Crippen LogP contribution in [0.2, 0.25) is 0 Å². The third-order valence-corrected chi connectivity index (χ3v) is 4.99. The molecule has 7 heteroatoms. The van der Waals surface area contributed by atoms with Crippen LogP contribution in [0.1, 0.15) is 29.8 Å². The van der Waals surface area contributed by atoms with Gasteiger partial charge in [0.2, 0.25) is 0 Å². The van der Waals surface area contributed by atoms with Crippen LogP contribution in [0.25, 0.3) is 11.3 Å². The fraction of sp³-hybridized carbons (Fsp3) is 0.500. The van der Waals surface area contributed by atoms with E-state index in [0.29, 0.717) is 43.9 Å². The summed E-state index contributed by atoms with van der Waals surface area (Å²) in [5.41, 5.74) is 1.32. The summed E-state index contributed by atoms with van der Waals surface area (Å²) in [6.45, 7) is 1.79. The predicted molar refractivity (Wildman–Crippen MR) is 104 cm³/mol. The molecule has 0 radical (unpaired) electrons. The molecule has 1 atom stereocenters. The average molecular weight is 372 g/mol. The first-order chi connectivity index (χ1) is 12.9. The number of nitrogens with zero attached hydrogens (tertiary/aromatic N) is 3. The molecule has 146 valence electrons. The predicted octanol–water partition coefficient (Wildman–Crippen LogP) is 2.00. The van der Waals surface area contributed by atoms with Crippen molar-refractivity contribution in [2.75, 3.05) is 40.8 Å². The SMILES string of the molecule is COc1cccc(-c2cc(C(=O)N3CCCC(O)(CN(C)C)CC3)[nH]n2)c1. The number of H-pyrrole nitrogens is 1. The van der Waals surface area contributed by atoms with Gasteiger partial charge in [-0.3, -0.25) is 9.89 Å². The van der Waals surface area contributed by atoms with Crippen LogP contribution in [0.4, 0.5) is 0 Å². The molecule has 1 fully saturated rings. The Morgan fingerprint density at radius 1 is 1.33 bits per heavy atom. The lowest BCUT2D eigenvalue weighted by Gasteiger charge is -2.29. The van der Waals surface area contributed by atoms with Crippen LogP contribution in [0, 0.1) is 0 Å². The van der Waals surface area contributed by atoms with Gasteiger partial charge in [-0.05, 0) is 51.6 Å². The molecule has 0 bridgehead atoms. The Morgan fingerprint density at radius 2 is 2.15 bits per heavy atom. The van der Waals surface area contributed by atoms with Crippen molar-refractivity contribution >= 4 is 5.91 Å². The molecule has 27 heavy (non-hydrogen) atoms. The van der Waals surface area contributed by atoms with E-state index in [2.05, 4.69) is 10.2 Å². The van der Waals surface area contributed by atoms with E-state index in [0.717, 1.165) is 17.7 Å². The van der Waals surface area contributed by atoms with Gasteiger partial charge in [0.1, 0.15) is 11.4 Å². The summed E-state index contributed by atoms with van der Waals surface area (Å²) in [5.74, 6) is 0.668. The Kier molecular flexibility index (Phi) is 5.82. The maximum absolute atomic E-state index is 12.9. The first-order valence-corrected chi connectivity index (χ1v) is 9.26. The fourth-order valence-electron chi connectivity index (χ4n) is 3.66. The van der Waals surface area contributed by atoms with Crippen LogP contribution >= 0.6 is 0 Å². The van der Waals surface area contributed by atoms with E-state index in [1.54, 1.807) is 18.1 Å². The van der Waals surface area contributed by atoms with Crippen LogP contribution in [-0.2, 0) is 0 Å². The number of aromatic amines is 1. The lowest BCUT2D eigenvalue weighted by atomic mass is 9.94. The number of likely N-dealkylation sites (tertiary alicyclic amines) is 1. The first kappa shape index (κ1) is 19.4. The van der Waals surface area contributed by atoms with E-state index in [4.69, 9.17) is 4.74 Å². The molecule has 0 aliphatic carbocycles. The largest absolute Gasteiger partial charge is 0.497 e. The molecular weight excluding hydrogens is 344 g/mol. The van der Waals surface area contributed by atoms with E-state index >= 15 is 0 Å². The zero-order valence-corrected chi connectivity index (χ0v) is 16.2. The van der Waals surface area contributed by atoms with Crippen molar-refractivity contribution in [1.82, 2.24) is 20.0 Å². The topological polar surface area (TPSA) is 81.7 Å². The van der Waals surface area contributed by atoms with Crippen LogP contribution in [0.3, 0.4) is 0 Å². The molecular formula is C20H28N4O3. The van der Waals surface area contributed by atoms with Crippen molar-refractivity contribution in [2.45, 2.75) is 24.9 Å². The number of aliphatic hydroxyl groups is 1. The van der Waals surface area contributed by atoms with Gasteiger partial charge in [0.25, 0.3) is 5.91 Å². The lowest BCUT2D eigenvalue weighted by molar-refractivity contribution is 0.00303. The molecule has 3 rings (SSSR count). The number of carbonyl (C=O) groups is 1. The summed E-state index contributed by atoms with van der Waals surface area (Å²) in [5, 5.41) is 17.9. The highest BCUT2D eigenvalue weighted by Crippen LogP contribution is 2.25. The number of hydrogen-bond donors (Lipinski definition) is 2. The summed E-state index contributed by atoms with van der Waals surface area (Å²) in [7, 11) is 5.53. The molecule has 1 aromatic carbocycles. The highest BCUT2D eigenvalue weighted by molar-refractivity contribution is 5.93. The molecule has 0 saturated carbocycles. The Morgan fingerprint density at radius 3 is 2.89 bits per heavy atom. The number of hydrogen-bond acceptors (Lipinski definition) is 5. The van der Waals surface area contributed by atoms with Crippen LogP contribution in [-0.4, -0.2) is 77.5 Å². The van der Waals surface area contributed by atoms with Gasteiger partial charge in [0.05, 0.1) is 18.4 Å². The maximum Gasteiger partial charge on any atom is 0.271 e. The zero-order chi connectivity index (χ0) is 19.4. The minimum absolute atomic E-state index is 0.0780. The molecule has 2 N–H and O–H groups in total. The summed E-state index contributed by atoms with van der Waals surface area (Å²) in [4.78, 5) is 16.7. The van der Waals surface area contributed by atoms with E-state index in [9.17, 15) is 9.90 Å². The monoisotopic (exact) mass is 372 g/mol. The van der Waals surface area contributed by atoms with Crippen molar-refractivity contribution < 1.29 is 14.6 Å². The quantitative estimate of drug-likeness (QED) is 0.839. The number of carbonyl (C=O) groups excluding carboxylic acids is 1. The van der Waals surface area contributed by atoms with E-state index in [-0.39, 0.29) is 5.91 Å². The fourth-order valence-corrected chi connectivity index (χ4v) is 3.66. The second-order valence-corrected chi connectivity index (χ2v) is 7.51.